The standard InChI is InChI=1S/C16H22N4O4/c1-12(21)20-6-7-23-11-16(10-20)4-2-14(24-16)9-17-15(22)13-3-5-18-19-8-13/h3,5,8,14H,2,4,6-7,9-11H2,1H3,(H,17,22)/t14-,16-/m1/s1. The van der Waals surface area contributed by atoms with Crippen LogP contribution in [0.3, 0.4) is 0 Å². The molecule has 0 unspecified atom stereocenters. The average Bonchev–Trinajstić information content (AvgIpc) is 2.86. The van der Waals surface area contributed by atoms with Gasteiger partial charge in [0.2, 0.25) is 5.91 Å². The third kappa shape index (κ3) is 3.88. The van der Waals surface area contributed by atoms with E-state index in [2.05, 4.69) is 15.5 Å². The van der Waals surface area contributed by atoms with E-state index < -0.39 is 5.60 Å². The zero-order chi connectivity index (χ0) is 17.0. The van der Waals surface area contributed by atoms with Gasteiger partial charge in [0, 0.05) is 20.0 Å². The van der Waals surface area contributed by atoms with Gasteiger partial charge in [-0.05, 0) is 18.9 Å². The number of amides is 2. The highest BCUT2D eigenvalue weighted by molar-refractivity contribution is 5.93. The molecule has 8 heteroatoms. The smallest absolute Gasteiger partial charge is 0.253 e. The lowest BCUT2D eigenvalue weighted by Crippen LogP contribution is -2.46. The molecular weight excluding hydrogens is 312 g/mol. The molecule has 24 heavy (non-hydrogen) atoms. The third-order valence-electron chi connectivity index (χ3n) is 4.47. The van der Waals surface area contributed by atoms with Crippen LogP contribution in [0.25, 0.3) is 0 Å². The predicted octanol–water partition coefficient (Wildman–Crippen LogP) is 0.00290. The van der Waals surface area contributed by atoms with Crippen LogP contribution in [0.1, 0.15) is 30.1 Å². The molecule has 8 nitrogen and oxygen atoms in total. The second-order valence-electron chi connectivity index (χ2n) is 6.30. The van der Waals surface area contributed by atoms with Crippen LogP contribution < -0.4 is 5.32 Å². The Morgan fingerprint density at radius 3 is 3.08 bits per heavy atom. The lowest BCUT2D eigenvalue weighted by Gasteiger charge is -2.31. The molecule has 0 radical (unpaired) electrons. The summed E-state index contributed by atoms with van der Waals surface area (Å²) in [6, 6.07) is 1.61. The van der Waals surface area contributed by atoms with Gasteiger partial charge in [0.05, 0.1) is 43.8 Å². The molecule has 2 atom stereocenters. The van der Waals surface area contributed by atoms with Crippen molar-refractivity contribution < 1.29 is 19.1 Å². The lowest BCUT2D eigenvalue weighted by atomic mass is 10.00. The van der Waals surface area contributed by atoms with Gasteiger partial charge in [0.1, 0.15) is 5.60 Å². The lowest BCUT2D eigenvalue weighted by molar-refractivity contribution is -0.133. The van der Waals surface area contributed by atoms with Crippen LogP contribution in [0.2, 0.25) is 0 Å². The van der Waals surface area contributed by atoms with Gasteiger partial charge < -0.3 is 19.7 Å². The molecule has 2 aliphatic heterocycles. The minimum atomic E-state index is -0.463. The maximum atomic E-state index is 12.1. The van der Waals surface area contributed by atoms with E-state index in [9.17, 15) is 9.59 Å². The van der Waals surface area contributed by atoms with E-state index in [0.717, 1.165) is 12.8 Å². The second-order valence-corrected chi connectivity index (χ2v) is 6.30. The summed E-state index contributed by atoms with van der Waals surface area (Å²) in [6.45, 7) is 4.13. The van der Waals surface area contributed by atoms with Crippen LogP contribution in [0.4, 0.5) is 0 Å². The van der Waals surface area contributed by atoms with Gasteiger partial charge in [-0.3, -0.25) is 9.59 Å². The topological polar surface area (TPSA) is 93.7 Å². The molecule has 3 heterocycles. The molecule has 3 rings (SSSR count). The van der Waals surface area contributed by atoms with Gasteiger partial charge in [0.25, 0.3) is 5.91 Å². The summed E-state index contributed by atoms with van der Waals surface area (Å²) in [6.07, 6.45) is 4.46. The highest BCUT2D eigenvalue weighted by atomic mass is 16.6. The van der Waals surface area contributed by atoms with E-state index in [0.29, 0.717) is 38.4 Å². The average molecular weight is 334 g/mol. The van der Waals surface area contributed by atoms with E-state index in [4.69, 9.17) is 9.47 Å². The van der Waals surface area contributed by atoms with Gasteiger partial charge in [-0.15, -0.1) is 0 Å². The van der Waals surface area contributed by atoms with Crippen LogP contribution in [0, 0.1) is 0 Å². The van der Waals surface area contributed by atoms with Gasteiger partial charge in [-0.1, -0.05) is 0 Å². The Kier molecular flexibility index (Phi) is 5.06. The number of carbonyl (C=O) groups is 2. The number of hydrogen-bond acceptors (Lipinski definition) is 6. The van der Waals surface area contributed by atoms with Crippen molar-refractivity contribution in [1.82, 2.24) is 20.4 Å². The first-order valence-electron chi connectivity index (χ1n) is 8.14. The summed E-state index contributed by atoms with van der Waals surface area (Å²) >= 11 is 0. The summed E-state index contributed by atoms with van der Waals surface area (Å²) in [7, 11) is 0. The zero-order valence-corrected chi connectivity index (χ0v) is 13.7. The fourth-order valence-electron chi connectivity index (χ4n) is 3.17. The molecular formula is C16H22N4O4. The molecule has 0 aromatic carbocycles. The van der Waals surface area contributed by atoms with Crippen LogP contribution in [0.15, 0.2) is 18.5 Å². The van der Waals surface area contributed by atoms with Gasteiger partial charge >= 0.3 is 0 Å². The van der Waals surface area contributed by atoms with E-state index in [1.807, 2.05) is 0 Å². The van der Waals surface area contributed by atoms with E-state index in [-0.39, 0.29) is 17.9 Å². The first-order chi connectivity index (χ1) is 11.6. The van der Waals surface area contributed by atoms with Crippen molar-refractivity contribution in [3.8, 4) is 0 Å². The van der Waals surface area contributed by atoms with Crippen molar-refractivity contribution in [3.05, 3.63) is 24.0 Å². The Morgan fingerprint density at radius 1 is 1.46 bits per heavy atom. The maximum absolute atomic E-state index is 12.1. The fraction of sp³-hybridized carbons (Fsp3) is 0.625. The van der Waals surface area contributed by atoms with Crippen LogP contribution in [-0.4, -0.2) is 71.5 Å². The van der Waals surface area contributed by atoms with Gasteiger partial charge in [-0.25, -0.2) is 0 Å². The Labute approximate surface area is 140 Å². The molecule has 1 spiro atoms. The molecule has 0 saturated carbocycles. The molecule has 1 aromatic heterocycles. The molecule has 1 aromatic rings. The monoisotopic (exact) mass is 334 g/mol. The van der Waals surface area contributed by atoms with E-state index >= 15 is 0 Å². The fourth-order valence-corrected chi connectivity index (χ4v) is 3.17. The largest absolute Gasteiger partial charge is 0.377 e. The van der Waals surface area contributed by atoms with Gasteiger partial charge in [-0.2, -0.15) is 10.2 Å². The molecule has 2 saturated heterocycles. The highest BCUT2D eigenvalue weighted by Crippen LogP contribution is 2.32. The SMILES string of the molecule is CC(=O)N1CCOC[C@@]2(CC[C@H](CNC(=O)c3ccnnc3)O2)C1. The van der Waals surface area contributed by atoms with Crippen molar-refractivity contribution in [2.45, 2.75) is 31.5 Å². The van der Waals surface area contributed by atoms with E-state index in [1.165, 1.54) is 12.4 Å². The van der Waals surface area contributed by atoms with Crippen molar-refractivity contribution in [2.24, 2.45) is 0 Å². The maximum Gasteiger partial charge on any atom is 0.253 e. The summed E-state index contributed by atoms with van der Waals surface area (Å²) in [4.78, 5) is 25.5. The zero-order valence-electron chi connectivity index (χ0n) is 13.7. The summed E-state index contributed by atoms with van der Waals surface area (Å²) < 4.78 is 11.8. The Hall–Kier alpha value is -2.06. The van der Waals surface area contributed by atoms with Crippen molar-refractivity contribution in [3.63, 3.8) is 0 Å². The molecule has 2 amide bonds. The van der Waals surface area contributed by atoms with Crippen molar-refractivity contribution >= 4 is 11.8 Å². The number of nitrogens with one attached hydrogen (secondary N) is 1. The normalized spacial score (nSPS) is 27.0. The first kappa shape index (κ1) is 16.8. The van der Waals surface area contributed by atoms with Crippen LogP contribution >= 0.6 is 0 Å². The van der Waals surface area contributed by atoms with Gasteiger partial charge in [0.15, 0.2) is 0 Å². The summed E-state index contributed by atoms with van der Waals surface area (Å²) in [5.74, 6) is -0.164. The van der Waals surface area contributed by atoms with Crippen LogP contribution in [-0.2, 0) is 14.3 Å². The quantitative estimate of drug-likeness (QED) is 0.836. The summed E-state index contributed by atoms with van der Waals surface area (Å²) in [5, 5.41) is 10.2. The number of carbonyl (C=O) groups excluding carboxylic acids is 2. The number of ether oxygens (including phenoxy) is 2. The Bertz CT molecular complexity index is 597. The second kappa shape index (κ2) is 7.23. The number of nitrogens with zero attached hydrogens (tertiary/aromatic N) is 3. The van der Waals surface area contributed by atoms with Crippen molar-refractivity contribution in [2.75, 3.05) is 32.8 Å². The van der Waals surface area contributed by atoms with Crippen LogP contribution in [0.5, 0.6) is 0 Å². The molecule has 2 aliphatic rings. The highest BCUT2D eigenvalue weighted by Gasteiger charge is 2.43. The molecule has 2 fully saturated rings. The molecule has 1 N–H and O–H groups in total. The summed E-state index contributed by atoms with van der Waals surface area (Å²) in [5.41, 5.74) is 0.00810. The predicted molar refractivity (Wildman–Crippen MR) is 84.3 cm³/mol. The first-order valence-corrected chi connectivity index (χ1v) is 8.14. The number of rotatable bonds is 3. The Morgan fingerprint density at radius 2 is 2.33 bits per heavy atom. The molecule has 0 aliphatic carbocycles. The molecule has 0 bridgehead atoms. The third-order valence-corrected chi connectivity index (χ3v) is 4.47. The minimum absolute atomic E-state index is 0.0328. The minimum Gasteiger partial charge on any atom is -0.377 e. The number of hydrogen-bond donors (Lipinski definition) is 1. The van der Waals surface area contributed by atoms with Crippen molar-refractivity contribution in [1.29, 1.82) is 0 Å². The molecule has 130 valence electrons. The Balaban J connectivity index is 1.55. The number of aromatic nitrogens is 2. The van der Waals surface area contributed by atoms with E-state index in [1.54, 1.807) is 17.9 Å².